The van der Waals surface area contributed by atoms with Gasteiger partial charge in [-0.15, -0.1) is 0 Å². The Morgan fingerprint density at radius 3 is 2.75 bits per heavy atom. The van der Waals surface area contributed by atoms with Crippen LogP contribution in [-0.2, 0) is 24.4 Å². The van der Waals surface area contributed by atoms with Crippen LogP contribution in [0.5, 0.6) is 17.2 Å². The molecule has 0 saturated heterocycles. The van der Waals surface area contributed by atoms with E-state index < -0.39 is 12.0 Å². The van der Waals surface area contributed by atoms with Crippen molar-refractivity contribution in [1.29, 1.82) is 0 Å². The SMILES string of the molecule is Cc1c(COc2ccc3c(c2)CN[C@@H](C(=O)O)C3)cccc1-c1ccc2c(c1)OCCO2. The third-order valence-electron chi connectivity index (χ3n) is 6.13. The quantitative estimate of drug-likeness (QED) is 0.633. The maximum atomic E-state index is 11.2. The van der Waals surface area contributed by atoms with Crippen LogP contribution < -0.4 is 19.5 Å². The second kappa shape index (κ2) is 8.55. The normalized spacial score (nSPS) is 16.8. The summed E-state index contributed by atoms with van der Waals surface area (Å²) < 4.78 is 17.5. The molecule has 6 nitrogen and oxygen atoms in total. The van der Waals surface area contributed by atoms with Gasteiger partial charge in [-0.2, -0.15) is 0 Å². The van der Waals surface area contributed by atoms with Gasteiger partial charge >= 0.3 is 5.97 Å². The molecule has 6 heteroatoms. The molecule has 0 unspecified atom stereocenters. The maximum Gasteiger partial charge on any atom is 0.321 e. The van der Waals surface area contributed by atoms with Gasteiger partial charge in [0.2, 0.25) is 0 Å². The Hall–Kier alpha value is -3.51. The molecule has 3 aromatic rings. The van der Waals surface area contributed by atoms with E-state index in [1.807, 2.05) is 36.4 Å². The van der Waals surface area contributed by atoms with Gasteiger partial charge in [-0.25, -0.2) is 0 Å². The summed E-state index contributed by atoms with van der Waals surface area (Å²) in [5.74, 6) is 1.53. The van der Waals surface area contributed by atoms with E-state index in [4.69, 9.17) is 14.2 Å². The number of aliphatic carboxylic acids is 1. The van der Waals surface area contributed by atoms with Gasteiger partial charge in [0, 0.05) is 6.54 Å². The molecule has 1 atom stereocenters. The first-order valence-electron chi connectivity index (χ1n) is 10.8. The van der Waals surface area contributed by atoms with Gasteiger partial charge < -0.3 is 24.6 Å². The van der Waals surface area contributed by atoms with Crippen molar-refractivity contribution in [2.24, 2.45) is 0 Å². The smallest absolute Gasteiger partial charge is 0.321 e. The molecule has 0 saturated carbocycles. The minimum Gasteiger partial charge on any atom is -0.489 e. The number of carboxylic acids is 1. The van der Waals surface area contributed by atoms with Gasteiger partial charge in [0.05, 0.1) is 0 Å². The van der Waals surface area contributed by atoms with Gasteiger partial charge in [0.25, 0.3) is 0 Å². The molecule has 5 rings (SSSR count). The van der Waals surface area contributed by atoms with E-state index in [-0.39, 0.29) is 0 Å². The molecule has 2 aliphatic rings. The zero-order valence-electron chi connectivity index (χ0n) is 17.9. The van der Waals surface area contributed by atoms with Gasteiger partial charge in [-0.05, 0) is 71.0 Å². The van der Waals surface area contributed by atoms with Crippen molar-refractivity contribution >= 4 is 5.97 Å². The summed E-state index contributed by atoms with van der Waals surface area (Å²) in [5.41, 5.74) is 6.63. The molecule has 0 fully saturated rings. The molecule has 0 bridgehead atoms. The largest absolute Gasteiger partial charge is 0.489 e. The summed E-state index contributed by atoms with van der Waals surface area (Å²) in [7, 11) is 0. The second-order valence-electron chi connectivity index (χ2n) is 8.14. The van der Waals surface area contributed by atoms with Crippen LogP contribution in [0.4, 0.5) is 0 Å². The average Bonchev–Trinajstić information content (AvgIpc) is 2.82. The zero-order chi connectivity index (χ0) is 22.1. The number of carboxylic acid groups (broad SMARTS) is 1. The van der Waals surface area contributed by atoms with Crippen LogP contribution in [-0.4, -0.2) is 30.3 Å². The fraction of sp³-hybridized carbons (Fsp3) is 0.269. The minimum absolute atomic E-state index is 0.453. The van der Waals surface area contributed by atoms with Crippen LogP contribution in [0.1, 0.15) is 22.3 Å². The predicted molar refractivity (Wildman–Crippen MR) is 120 cm³/mol. The first-order chi connectivity index (χ1) is 15.6. The van der Waals surface area contributed by atoms with E-state index >= 15 is 0 Å². The van der Waals surface area contributed by atoms with Crippen LogP contribution in [0.3, 0.4) is 0 Å². The van der Waals surface area contributed by atoms with Gasteiger partial charge in [-0.1, -0.05) is 30.3 Å². The lowest BCUT2D eigenvalue weighted by atomic mass is 9.95. The van der Waals surface area contributed by atoms with Crippen LogP contribution in [0, 0.1) is 6.92 Å². The zero-order valence-corrected chi connectivity index (χ0v) is 17.9. The first-order valence-corrected chi connectivity index (χ1v) is 10.8. The maximum absolute atomic E-state index is 11.2. The van der Waals surface area contributed by atoms with Crippen LogP contribution in [0.15, 0.2) is 54.6 Å². The Labute approximate surface area is 186 Å². The Kier molecular flexibility index (Phi) is 5.45. The molecule has 2 aliphatic heterocycles. The van der Waals surface area contributed by atoms with Crippen molar-refractivity contribution in [1.82, 2.24) is 5.32 Å². The van der Waals surface area contributed by atoms with Crippen LogP contribution >= 0.6 is 0 Å². The fourth-order valence-corrected chi connectivity index (χ4v) is 4.28. The van der Waals surface area contributed by atoms with Crippen molar-refractivity contribution in [2.45, 2.75) is 32.5 Å². The number of nitrogens with one attached hydrogen (secondary N) is 1. The Morgan fingerprint density at radius 2 is 1.91 bits per heavy atom. The highest BCUT2D eigenvalue weighted by Crippen LogP contribution is 2.36. The molecular weight excluding hydrogens is 406 g/mol. The van der Waals surface area contributed by atoms with Gasteiger partial charge in [0.1, 0.15) is 31.6 Å². The van der Waals surface area contributed by atoms with E-state index in [0.29, 0.717) is 32.8 Å². The third-order valence-corrected chi connectivity index (χ3v) is 6.13. The molecule has 0 amide bonds. The summed E-state index contributed by atoms with van der Waals surface area (Å²) >= 11 is 0. The van der Waals surface area contributed by atoms with E-state index in [1.165, 1.54) is 0 Å². The van der Waals surface area contributed by atoms with Gasteiger partial charge in [-0.3, -0.25) is 4.79 Å². The molecule has 0 spiro atoms. The number of benzene rings is 3. The Bertz CT molecular complexity index is 1170. The minimum atomic E-state index is -0.815. The van der Waals surface area contributed by atoms with Crippen molar-refractivity contribution in [3.8, 4) is 28.4 Å². The summed E-state index contributed by atoms with van der Waals surface area (Å²) in [6, 6.07) is 17.6. The highest BCUT2D eigenvalue weighted by molar-refractivity contribution is 5.74. The van der Waals surface area contributed by atoms with E-state index in [9.17, 15) is 9.90 Å². The molecule has 32 heavy (non-hydrogen) atoms. The molecule has 164 valence electrons. The van der Waals surface area contributed by atoms with Crippen molar-refractivity contribution in [3.63, 3.8) is 0 Å². The van der Waals surface area contributed by atoms with Crippen LogP contribution in [0.2, 0.25) is 0 Å². The van der Waals surface area contributed by atoms with Crippen LogP contribution in [0.25, 0.3) is 11.1 Å². The first kappa shape index (κ1) is 20.4. The number of hydrogen-bond donors (Lipinski definition) is 2. The standard InChI is InChI=1S/C26H25NO5/c1-16-19(3-2-4-22(16)18-6-8-24-25(13-18)31-10-9-30-24)15-32-21-7-5-17-12-23(26(28)29)27-14-20(17)11-21/h2-8,11,13,23,27H,9-10,12,14-15H2,1H3,(H,28,29)/t23-/m1/s1. The van der Waals surface area contributed by atoms with Crippen molar-refractivity contribution in [2.75, 3.05) is 13.2 Å². The number of fused-ring (bicyclic) bond motifs is 2. The lowest BCUT2D eigenvalue weighted by Gasteiger charge is -2.23. The molecule has 3 aromatic carbocycles. The summed E-state index contributed by atoms with van der Waals surface area (Å²) in [6.07, 6.45) is 0.488. The topological polar surface area (TPSA) is 77.0 Å². The molecule has 2 heterocycles. The monoisotopic (exact) mass is 431 g/mol. The van der Waals surface area contributed by atoms with Crippen molar-refractivity contribution in [3.05, 3.63) is 76.9 Å². The Balaban J connectivity index is 1.32. The number of hydrogen-bond acceptors (Lipinski definition) is 5. The number of rotatable bonds is 5. The number of ether oxygens (including phenoxy) is 3. The Morgan fingerprint density at radius 1 is 1.06 bits per heavy atom. The lowest BCUT2D eigenvalue weighted by molar-refractivity contribution is -0.139. The molecule has 0 aliphatic carbocycles. The van der Waals surface area contributed by atoms with Gasteiger partial charge in [0.15, 0.2) is 11.5 Å². The molecule has 0 aromatic heterocycles. The second-order valence-corrected chi connectivity index (χ2v) is 8.14. The molecular formula is C26H25NO5. The third kappa shape index (κ3) is 4.01. The lowest BCUT2D eigenvalue weighted by Crippen LogP contribution is -2.41. The molecule has 2 N–H and O–H groups in total. The number of carbonyl (C=O) groups is 1. The summed E-state index contributed by atoms with van der Waals surface area (Å²) in [5, 5.41) is 12.3. The van der Waals surface area contributed by atoms with Crippen molar-refractivity contribution < 1.29 is 24.1 Å². The van der Waals surface area contributed by atoms with E-state index in [0.717, 1.165) is 50.6 Å². The highest BCUT2D eigenvalue weighted by atomic mass is 16.6. The average molecular weight is 431 g/mol. The summed E-state index contributed by atoms with van der Waals surface area (Å²) in [6.45, 7) is 4.23. The molecule has 0 radical (unpaired) electrons. The highest BCUT2D eigenvalue weighted by Gasteiger charge is 2.23. The van der Waals surface area contributed by atoms with E-state index in [2.05, 4.69) is 30.4 Å². The summed E-state index contributed by atoms with van der Waals surface area (Å²) in [4.78, 5) is 11.2. The predicted octanol–water partition coefficient (Wildman–Crippen LogP) is 4.11. The fourth-order valence-electron chi connectivity index (χ4n) is 4.28. The van der Waals surface area contributed by atoms with E-state index in [1.54, 1.807) is 0 Å².